The van der Waals surface area contributed by atoms with Crippen molar-refractivity contribution in [1.29, 1.82) is 0 Å². The maximum absolute atomic E-state index is 12.1. The van der Waals surface area contributed by atoms with E-state index in [2.05, 4.69) is 10.3 Å². The molecule has 0 aliphatic carbocycles. The van der Waals surface area contributed by atoms with E-state index in [4.69, 9.17) is 13.9 Å². The van der Waals surface area contributed by atoms with Gasteiger partial charge in [-0.05, 0) is 17.7 Å². The van der Waals surface area contributed by atoms with Crippen LogP contribution in [0.3, 0.4) is 0 Å². The summed E-state index contributed by atoms with van der Waals surface area (Å²) in [6.45, 7) is 1.40. The molecular formula is C22H24N2O4. The van der Waals surface area contributed by atoms with Crippen molar-refractivity contribution in [3.05, 3.63) is 72.1 Å². The minimum atomic E-state index is -0.0296. The zero-order valence-electron chi connectivity index (χ0n) is 15.9. The van der Waals surface area contributed by atoms with Crippen LogP contribution in [0.15, 0.2) is 65.2 Å². The highest BCUT2D eigenvalue weighted by Gasteiger charge is 2.08. The molecule has 1 N–H and O–H groups in total. The molecule has 0 aliphatic rings. The van der Waals surface area contributed by atoms with Gasteiger partial charge in [0.1, 0.15) is 18.1 Å². The lowest BCUT2D eigenvalue weighted by atomic mass is 10.2. The van der Waals surface area contributed by atoms with Crippen molar-refractivity contribution in [2.24, 2.45) is 0 Å². The van der Waals surface area contributed by atoms with Gasteiger partial charge in [-0.3, -0.25) is 4.79 Å². The van der Waals surface area contributed by atoms with E-state index in [1.54, 1.807) is 19.4 Å². The summed E-state index contributed by atoms with van der Waals surface area (Å²) in [7, 11) is 1.62. The molecule has 1 aromatic carbocycles. The molecule has 2 heterocycles. The van der Waals surface area contributed by atoms with Crippen LogP contribution in [0.5, 0.6) is 5.88 Å². The van der Waals surface area contributed by atoms with E-state index in [-0.39, 0.29) is 5.91 Å². The molecule has 28 heavy (non-hydrogen) atoms. The third-order valence-electron chi connectivity index (χ3n) is 4.14. The Hall–Kier alpha value is -3.12. The van der Waals surface area contributed by atoms with E-state index in [1.807, 2.05) is 48.5 Å². The number of aryl methyl sites for hydroxylation is 1. The maximum Gasteiger partial charge on any atom is 0.220 e. The van der Waals surface area contributed by atoms with Crippen molar-refractivity contribution in [3.63, 3.8) is 0 Å². The fraction of sp³-hybridized carbons (Fsp3) is 0.273. The van der Waals surface area contributed by atoms with Crippen molar-refractivity contribution in [1.82, 2.24) is 10.3 Å². The summed E-state index contributed by atoms with van der Waals surface area (Å²) < 4.78 is 16.2. The molecule has 6 nitrogen and oxygen atoms in total. The van der Waals surface area contributed by atoms with E-state index in [9.17, 15) is 4.79 Å². The molecular weight excluding hydrogens is 356 g/mol. The van der Waals surface area contributed by atoms with Gasteiger partial charge >= 0.3 is 0 Å². The molecule has 0 aliphatic heterocycles. The minimum Gasteiger partial charge on any atom is -0.475 e. The molecule has 0 spiro atoms. The minimum absolute atomic E-state index is 0.0296. The van der Waals surface area contributed by atoms with Crippen LogP contribution >= 0.6 is 0 Å². The Morgan fingerprint density at radius 1 is 1.07 bits per heavy atom. The largest absolute Gasteiger partial charge is 0.475 e. The van der Waals surface area contributed by atoms with E-state index >= 15 is 0 Å². The number of nitrogens with zero attached hydrogens (tertiary/aromatic N) is 1. The predicted octanol–water partition coefficient (Wildman–Crippen LogP) is 3.62. The maximum atomic E-state index is 12.1. The summed E-state index contributed by atoms with van der Waals surface area (Å²) in [5.74, 6) is 2.13. The first-order valence-electron chi connectivity index (χ1n) is 9.22. The van der Waals surface area contributed by atoms with Gasteiger partial charge in [-0.15, -0.1) is 0 Å². The lowest BCUT2D eigenvalue weighted by molar-refractivity contribution is -0.121. The van der Waals surface area contributed by atoms with Crippen LogP contribution in [0, 0.1) is 0 Å². The highest BCUT2D eigenvalue weighted by molar-refractivity contribution is 5.76. The fourth-order valence-electron chi connectivity index (χ4n) is 2.63. The topological polar surface area (TPSA) is 73.6 Å². The van der Waals surface area contributed by atoms with Gasteiger partial charge < -0.3 is 19.2 Å². The molecule has 3 rings (SSSR count). The van der Waals surface area contributed by atoms with E-state index in [1.165, 1.54) is 0 Å². The van der Waals surface area contributed by atoms with E-state index < -0.39 is 0 Å². The van der Waals surface area contributed by atoms with E-state index in [0.717, 1.165) is 22.6 Å². The monoisotopic (exact) mass is 380 g/mol. The smallest absolute Gasteiger partial charge is 0.220 e. The molecule has 0 unspecified atom stereocenters. The molecule has 6 heteroatoms. The van der Waals surface area contributed by atoms with Crippen molar-refractivity contribution >= 4 is 5.91 Å². The van der Waals surface area contributed by atoms with Crippen LogP contribution in [0.2, 0.25) is 0 Å². The Balaban J connectivity index is 1.41. The van der Waals surface area contributed by atoms with Crippen LogP contribution in [0.1, 0.15) is 17.7 Å². The SMILES string of the molecule is COCCOc1ccc(CNC(=O)CCc2ccc(-c3ccccc3)o2)cn1. The summed E-state index contributed by atoms with van der Waals surface area (Å²) in [5.41, 5.74) is 1.94. The number of rotatable bonds is 10. The first-order chi connectivity index (χ1) is 13.7. The highest BCUT2D eigenvalue weighted by Crippen LogP contribution is 2.22. The van der Waals surface area contributed by atoms with Crippen LogP contribution in [0.4, 0.5) is 0 Å². The van der Waals surface area contributed by atoms with Gasteiger partial charge in [0, 0.05) is 44.3 Å². The molecule has 0 bridgehead atoms. The predicted molar refractivity (Wildman–Crippen MR) is 106 cm³/mol. The standard InChI is InChI=1S/C22H24N2O4/c1-26-13-14-27-22-12-7-17(16-24-22)15-23-21(25)11-9-19-8-10-20(28-19)18-5-3-2-4-6-18/h2-8,10,12,16H,9,11,13-15H2,1H3,(H,23,25). The molecule has 0 saturated heterocycles. The van der Waals surface area contributed by atoms with Crippen molar-refractivity contribution in [3.8, 4) is 17.2 Å². The zero-order chi connectivity index (χ0) is 19.6. The lowest BCUT2D eigenvalue weighted by Crippen LogP contribution is -2.23. The van der Waals surface area contributed by atoms with Gasteiger partial charge in [0.25, 0.3) is 0 Å². The third kappa shape index (κ3) is 5.96. The van der Waals surface area contributed by atoms with Crippen molar-refractivity contribution < 1.29 is 18.7 Å². The number of nitrogens with one attached hydrogen (secondary N) is 1. The molecule has 0 radical (unpaired) electrons. The molecule has 2 aromatic heterocycles. The summed E-state index contributed by atoms with van der Waals surface area (Å²) >= 11 is 0. The fourth-order valence-corrected chi connectivity index (χ4v) is 2.63. The Morgan fingerprint density at radius 3 is 2.68 bits per heavy atom. The molecule has 1 amide bonds. The molecule has 3 aromatic rings. The second-order valence-electron chi connectivity index (χ2n) is 6.25. The van der Waals surface area contributed by atoms with Gasteiger partial charge in [0.2, 0.25) is 11.8 Å². The number of furan rings is 1. The average Bonchev–Trinajstić information content (AvgIpc) is 3.22. The number of pyridine rings is 1. The molecule has 146 valence electrons. The van der Waals surface area contributed by atoms with Crippen LogP contribution < -0.4 is 10.1 Å². The Kier molecular flexibility index (Phi) is 7.21. The quantitative estimate of drug-likeness (QED) is 0.544. The number of aromatic nitrogens is 1. The number of carbonyl (C=O) groups excluding carboxylic acids is 1. The molecule has 0 saturated carbocycles. The number of methoxy groups -OCH3 is 1. The Morgan fingerprint density at radius 2 is 1.93 bits per heavy atom. The second-order valence-corrected chi connectivity index (χ2v) is 6.25. The van der Waals surface area contributed by atoms with Gasteiger partial charge in [-0.2, -0.15) is 0 Å². The average molecular weight is 380 g/mol. The second kappa shape index (κ2) is 10.3. The molecule has 0 fully saturated rings. The Labute approximate surface area is 164 Å². The highest BCUT2D eigenvalue weighted by atomic mass is 16.5. The van der Waals surface area contributed by atoms with Gasteiger partial charge in [0.15, 0.2) is 0 Å². The zero-order valence-corrected chi connectivity index (χ0v) is 15.9. The number of amides is 1. The number of ether oxygens (including phenoxy) is 2. The van der Waals surface area contributed by atoms with Crippen LogP contribution in [-0.2, 0) is 22.5 Å². The summed E-state index contributed by atoms with van der Waals surface area (Å²) in [5, 5.41) is 2.90. The molecule has 0 atom stereocenters. The van der Waals surface area contributed by atoms with Crippen molar-refractivity contribution in [2.45, 2.75) is 19.4 Å². The van der Waals surface area contributed by atoms with Crippen LogP contribution in [0.25, 0.3) is 11.3 Å². The first kappa shape index (κ1) is 19.6. The van der Waals surface area contributed by atoms with E-state index in [0.29, 0.717) is 38.5 Å². The van der Waals surface area contributed by atoms with Gasteiger partial charge in [-0.25, -0.2) is 4.98 Å². The third-order valence-corrected chi connectivity index (χ3v) is 4.14. The van der Waals surface area contributed by atoms with Crippen molar-refractivity contribution in [2.75, 3.05) is 20.3 Å². The Bertz CT molecular complexity index is 860. The van der Waals surface area contributed by atoms with Crippen LogP contribution in [-0.4, -0.2) is 31.2 Å². The van der Waals surface area contributed by atoms with Gasteiger partial charge in [-0.1, -0.05) is 36.4 Å². The lowest BCUT2D eigenvalue weighted by Gasteiger charge is -2.07. The number of hydrogen-bond acceptors (Lipinski definition) is 5. The summed E-state index contributed by atoms with van der Waals surface area (Å²) in [6, 6.07) is 17.4. The number of hydrogen-bond donors (Lipinski definition) is 1. The number of carbonyl (C=O) groups is 1. The summed E-state index contributed by atoms with van der Waals surface area (Å²) in [4.78, 5) is 16.3. The normalized spacial score (nSPS) is 10.6. The van der Waals surface area contributed by atoms with Gasteiger partial charge in [0.05, 0.1) is 6.61 Å². The summed E-state index contributed by atoms with van der Waals surface area (Å²) in [6.07, 6.45) is 2.62. The first-order valence-corrected chi connectivity index (χ1v) is 9.22. The number of benzene rings is 1.